The molecule has 1 aromatic heterocycles. The van der Waals surface area contributed by atoms with Gasteiger partial charge in [0.25, 0.3) is 0 Å². The minimum absolute atomic E-state index is 0.0107. The number of nitrogens with zero attached hydrogens (tertiary/aromatic N) is 2. The van der Waals surface area contributed by atoms with Crippen LogP contribution >= 0.6 is 0 Å². The summed E-state index contributed by atoms with van der Waals surface area (Å²) >= 11 is 0. The highest BCUT2D eigenvalue weighted by molar-refractivity contribution is 5.88. The van der Waals surface area contributed by atoms with Crippen molar-refractivity contribution in [2.24, 2.45) is 0 Å². The van der Waals surface area contributed by atoms with Crippen molar-refractivity contribution in [3.63, 3.8) is 0 Å². The van der Waals surface area contributed by atoms with Crippen molar-refractivity contribution < 1.29 is 0 Å². The van der Waals surface area contributed by atoms with Gasteiger partial charge in [-0.2, -0.15) is 5.10 Å². The predicted octanol–water partition coefficient (Wildman–Crippen LogP) is 5.29. The maximum absolute atomic E-state index is 4.80. The Hall–Kier alpha value is -3.07. The van der Waals surface area contributed by atoms with E-state index < -0.39 is 0 Å². The fourth-order valence-electron chi connectivity index (χ4n) is 3.88. The van der Waals surface area contributed by atoms with Crippen LogP contribution in [0.1, 0.15) is 23.0 Å². The van der Waals surface area contributed by atoms with Crippen molar-refractivity contribution in [2.75, 3.05) is 5.32 Å². The summed E-state index contributed by atoms with van der Waals surface area (Å²) in [6, 6.07) is 23.6. The Morgan fingerprint density at radius 3 is 2.64 bits per heavy atom. The van der Waals surface area contributed by atoms with Gasteiger partial charge in [0.2, 0.25) is 0 Å². The van der Waals surface area contributed by atoms with Crippen molar-refractivity contribution in [2.45, 2.75) is 20.0 Å². The molecular formula is C22H19N3. The van der Waals surface area contributed by atoms with Crippen molar-refractivity contribution in [3.8, 4) is 11.3 Å². The van der Waals surface area contributed by atoms with Crippen LogP contribution in [0.2, 0.25) is 0 Å². The maximum atomic E-state index is 4.80. The number of hydrogen-bond donors (Lipinski definition) is 1. The molecule has 0 saturated heterocycles. The van der Waals surface area contributed by atoms with Crippen molar-refractivity contribution >= 4 is 16.5 Å². The van der Waals surface area contributed by atoms with E-state index in [4.69, 9.17) is 5.10 Å². The third-order valence-electron chi connectivity index (χ3n) is 5.05. The second-order valence-electron chi connectivity index (χ2n) is 6.73. The van der Waals surface area contributed by atoms with Crippen LogP contribution in [0, 0.1) is 13.8 Å². The van der Waals surface area contributed by atoms with Gasteiger partial charge in [0, 0.05) is 16.8 Å². The Kier molecular flexibility index (Phi) is 2.98. The molecule has 3 nitrogen and oxygen atoms in total. The van der Waals surface area contributed by atoms with E-state index in [9.17, 15) is 0 Å². The zero-order valence-corrected chi connectivity index (χ0v) is 14.3. The standard InChI is InChI=1S/C22H19N3/c1-14-7-5-12-19-20-13-15(2)24-25(20)22(23-21(14)19)18-11-6-9-16-8-3-4-10-17(16)18/h3-13,22-23H,1-2H3. The molecule has 0 bridgehead atoms. The molecule has 0 aliphatic carbocycles. The molecule has 0 spiro atoms. The molecule has 3 heteroatoms. The van der Waals surface area contributed by atoms with Crippen LogP contribution in [-0.4, -0.2) is 9.78 Å². The molecule has 1 unspecified atom stereocenters. The average Bonchev–Trinajstić information content (AvgIpc) is 3.03. The zero-order chi connectivity index (χ0) is 17.0. The molecule has 25 heavy (non-hydrogen) atoms. The van der Waals surface area contributed by atoms with Gasteiger partial charge >= 0.3 is 0 Å². The molecule has 1 N–H and O–H groups in total. The number of nitrogens with one attached hydrogen (secondary N) is 1. The van der Waals surface area contributed by atoms with Crippen LogP contribution in [-0.2, 0) is 0 Å². The van der Waals surface area contributed by atoms with Crippen LogP contribution in [0.4, 0.5) is 5.69 Å². The van der Waals surface area contributed by atoms with E-state index in [1.54, 1.807) is 0 Å². The summed E-state index contributed by atoms with van der Waals surface area (Å²) in [7, 11) is 0. The number of hydrogen-bond acceptors (Lipinski definition) is 2. The van der Waals surface area contributed by atoms with Crippen LogP contribution < -0.4 is 5.32 Å². The summed E-state index contributed by atoms with van der Waals surface area (Å²) in [5.74, 6) is 0. The van der Waals surface area contributed by atoms with Gasteiger partial charge < -0.3 is 5.32 Å². The predicted molar refractivity (Wildman–Crippen MR) is 103 cm³/mol. The number of para-hydroxylation sites is 1. The minimum Gasteiger partial charge on any atom is -0.359 e. The Balaban J connectivity index is 1.79. The van der Waals surface area contributed by atoms with Crippen LogP contribution in [0.15, 0.2) is 66.7 Å². The topological polar surface area (TPSA) is 29.9 Å². The molecular weight excluding hydrogens is 306 g/mol. The highest BCUT2D eigenvalue weighted by atomic mass is 15.4. The first kappa shape index (κ1) is 14.3. The van der Waals surface area contributed by atoms with E-state index in [0.717, 1.165) is 5.69 Å². The highest BCUT2D eigenvalue weighted by Crippen LogP contribution is 2.41. The van der Waals surface area contributed by atoms with Gasteiger partial charge in [-0.05, 0) is 36.2 Å². The van der Waals surface area contributed by atoms with Gasteiger partial charge in [-0.15, -0.1) is 0 Å². The molecule has 2 heterocycles. The molecule has 1 atom stereocenters. The molecule has 5 rings (SSSR count). The summed E-state index contributed by atoms with van der Waals surface area (Å²) in [6.07, 6.45) is -0.0107. The van der Waals surface area contributed by atoms with E-state index in [1.807, 2.05) is 0 Å². The van der Waals surface area contributed by atoms with Crippen molar-refractivity contribution in [1.29, 1.82) is 0 Å². The van der Waals surface area contributed by atoms with E-state index in [2.05, 4.69) is 90.6 Å². The van der Waals surface area contributed by atoms with E-state index in [-0.39, 0.29) is 6.17 Å². The molecule has 0 saturated carbocycles. The number of anilines is 1. The molecule has 0 radical (unpaired) electrons. The number of benzene rings is 3. The molecule has 1 aliphatic rings. The van der Waals surface area contributed by atoms with Crippen LogP contribution in [0.3, 0.4) is 0 Å². The smallest absolute Gasteiger partial charge is 0.147 e. The van der Waals surface area contributed by atoms with Crippen LogP contribution in [0.5, 0.6) is 0 Å². The zero-order valence-electron chi connectivity index (χ0n) is 14.3. The van der Waals surface area contributed by atoms with Gasteiger partial charge in [-0.25, -0.2) is 4.68 Å². The summed E-state index contributed by atoms with van der Waals surface area (Å²) < 4.78 is 2.12. The second-order valence-corrected chi connectivity index (χ2v) is 6.73. The Morgan fingerprint density at radius 2 is 1.72 bits per heavy atom. The molecule has 0 fully saturated rings. The average molecular weight is 325 g/mol. The van der Waals surface area contributed by atoms with Gasteiger partial charge in [0.05, 0.1) is 11.4 Å². The molecule has 122 valence electrons. The third kappa shape index (κ3) is 2.09. The van der Waals surface area contributed by atoms with Gasteiger partial charge in [-0.3, -0.25) is 0 Å². The van der Waals surface area contributed by atoms with Crippen molar-refractivity contribution in [3.05, 3.63) is 83.6 Å². The molecule has 0 amide bonds. The highest BCUT2D eigenvalue weighted by Gasteiger charge is 2.28. The minimum atomic E-state index is -0.0107. The molecule has 3 aromatic carbocycles. The number of aryl methyl sites for hydroxylation is 2. The first-order chi connectivity index (χ1) is 12.2. The Morgan fingerprint density at radius 1 is 0.920 bits per heavy atom. The lowest BCUT2D eigenvalue weighted by Crippen LogP contribution is -2.26. The maximum Gasteiger partial charge on any atom is 0.147 e. The lowest BCUT2D eigenvalue weighted by molar-refractivity contribution is 0.574. The second kappa shape index (κ2) is 5.21. The summed E-state index contributed by atoms with van der Waals surface area (Å²) in [5, 5.41) is 11.1. The quantitative estimate of drug-likeness (QED) is 0.515. The van der Waals surface area contributed by atoms with Gasteiger partial charge in [0.1, 0.15) is 6.17 Å². The summed E-state index contributed by atoms with van der Waals surface area (Å²) in [4.78, 5) is 0. The summed E-state index contributed by atoms with van der Waals surface area (Å²) in [6.45, 7) is 4.21. The number of fused-ring (bicyclic) bond motifs is 4. The van der Waals surface area contributed by atoms with Crippen molar-refractivity contribution in [1.82, 2.24) is 9.78 Å². The first-order valence-electron chi connectivity index (χ1n) is 8.63. The number of rotatable bonds is 1. The van der Waals surface area contributed by atoms with Gasteiger partial charge in [0.15, 0.2) is 0 Å². The fourth-order valence-corrected chi connectivity index (χ4v) is 3.88. The Labute approximate surface area is 146 Å². The SMILES string of the molecule is Cc1cc2n(n1)C(c1cccc3ccccc13)Nc1c(C)cccc1-2. The lowest BCUT2D eigenvalue weighted by Gasteiger charge is -2.31. The monoisotopic (exact) mass is 325 g/mol. The van der Waals surface area contributed by atoms with E-state index in [0.29, 0.717) is 0 Å². The summed E-state index contributed by atoms with van der Waals surface area (Å²) in [5.41, 5.74) is 7.14. The molecule has 1 aliphatic heterocycles. The van der Waals surface area contributed by atoms with Crippen LogP contribution in [0.25, 0.3) is 22.0 Å². The third-order valence-corrected chi connectivity index (χ3v) is 5.05. The van der Waals surface area contributed by atoms with E-state index >= 15 is 0 Å². The largest absolute Gasteiger partial charge is 0.359 e. The first-order valence-corrected chi connectivity index (χ1v) is 8.63. The Bertz CT molecular complexity index is 1100. The normalized spacial score (nSPS) is 15.5. The fraction of sp³-hybridized carbons (Fsp3) is 0.136. The lowest BCUT2D eigenvalue weighted by atomic mass is 9.98. The van der Waals surface area contributed by atoms with Gasteiger partial charge in [-0.1, -0.05) is 60.7 Å². The number of aromatic nitrogens is 2. The molecule has 4 aromatic rings. The van der Waals surface area contributed by atoms with E-state index in [1.165, 1.54) is 38.8 Å².